The van der Waals surface area contributed by atoms with Crippen LogP contribution in [0.25, 0.3) is 0 Å². The molecule has 0 aromatic carbocycles. The summed E-state index contributed by atoms with van der Waals surface area (Å²) in [4.78, 5) is 5.37. The van der Waals surface area contributed by atoms with Gasteiger partial charge in [0.05, 0.1) is 0 Å². The van der Waals surface area contributed by atoms with Crippen molar-refractivity contribution in [3.8, 4) is 0 Å². The van der Waals surface area contributed by atoms with Gasteiger partial charge in [0.15, 0.2) is 0 Å². The third kappa shape index (κ3) is 20.3. The van der Waals surface area contributed by atoms with Crippen molar-refractivity contribution < 1.29 is 0 Å². The number of rotatable bonds is 30. The molecular formula is C36H72N2. The Morgan fingerprint density at radius 2 is 0.605 bits per heavy atom. The highest BCUT2D eigenvalue weighted by molar-refractivity contribution is 4.97. The lowest BCUT2D eigenvalue weighted by Gasteiger charge is -2.33. The lowest BCUT2D eigenvalue weighted by atomic mass is 10.0. The Balaban J connectivity index is 2.11. The van der Waals surface area contributed by atoms with Gasteiger partial charge in [0, 0.05) is 25.5 Å². The zero-order chi connectivity index (χ0) is 27.4. The maximum atomic E-state index is 2.69. The first-order valence-electron chi connectivity index (χ1n) is 18.0. The highest BCUT2D eigenvalue weighted by Gasteiger charge is 2.24. The molecule has 0 fully saturated rings. The van der Waals surface area contributed by atoms with Gasteiger partial charge < -0.3 is 9.80 Å². The van der Waals surface area contributed by atoms with Crippen LogP contribution in [-0.2, 0) is 0 Å². The minimum Gasteiger partial charge on any atom is -0.356 e. The molecule has 0 spiro atoms. The smallest absolute Gasteiger partial charge is 0.101 e. The van der Waals surface area contributed by atoms with Crippen molar-refractivity contribution in [2.45, 2.75) is 207 Å². The minimum atomic E-state index is 0.641. The van der Waals surface area contributed by atoms with Gasteiger partial charge in [-0.1, -0.05) is 175 Å². The summed E-state index contributed by atoms with van der Waals surface area (Å²) in [5.41, 5.74) is 0. The summed E-state index contributed by atoms with van der Waals surface area (Å²) >= 11 is 0. The Morgan fingerprint density at radius 1 is 0.342 bits per heavy atom. The molecule has 0 amide bonds. The summed E-state index contributed by atoms with van der Waals surface area (Å²) in [5.74, 6) is 0. The topological polar surface area (TPSA) is 6.48 Å². The maximum Gasteiger partial charge on any atom is 0.101 e. The quantitative estimate of drug-likeness (QED) is 0.0848. The fourth-order valence-corrected chi connectivity index (χ4v) is 6.19. The molecule has 2 nitrogen and oxygen atoms in total. The van der Waals surface area contributed by atoms with E-state index >= 15 is 0 Å². The van der Waals surface area contributed by atoms with Gasteiger partial charge in [-0.3, -0.25) is 0 Å². The fourth-order valence-electron chi connectivity index (χ4n) is 6.19. The lowest BCUT2D eigenvalue weighted by Crippen LogP contribution is -2.39. The Kier molecular flexibility index (Phi) is 26.0. The molecule has 0 saturated heterocycles. The third-order valence-corrected chi connectivity index (χ3v) is 8.82. The third-order valence-electron chi connectivity index (χ3n) is 8.82. The van der Waals surface area contributed by atoms with Crippen molar-refractivity contribution in [3.63, 3.8) is 0 Å². The molecule has 1 aliphatic rings. The van der Waals surface area contributed by atoms with Crippen molar-refractivity contribution in [2.24, 2.45) is 0 Å². The minimum absolute atomic E-state index is 0.641. The Labute approximate surface area is 241 Å². The summed E-state index contributed by atoms with van der Waals surface area (Å²) < 4.78 is 0. The highest BCUT2D eigenvalue weighted by atomic mass is 15.4. The number of nitrogens with zero attached hydrogens (tertiary/aromatic N) is 2. The van der Waals surface area contributed by atoms with Crippen LogP contribution in [0.15, 0.2) is 12.4 Å². The predicted molar refractivity (Wildman–Crippen MR) is 173 cm³/mol. The summed E-state index contributed by atoms with van der Waals surface area (Å²) in [6.07, 6.45) is 45.5. The lowest BCUT2D eigenvalue weighted by molar-refractivity contribution is 0.135. The van der Waals surface area contributed by atoms with Crippen LogP contribution in [0.2, 0.25) is 0 Å². The van der Waals surface area contributed by atoms with E-state index in [1.54, 1.807) is 0 Å². The zero-order valence-electron chi connectivity index (χ0n) is 26.8. The Hall–Kier alpha value is -0.660. The average Bonchev–Trinajstić information content (AvgIpc) is 3.31. The molecule has 1 unspecified atom stereocenters. The standard InChI is InChI=1S/C36H72N2/c1-4-7-10-12-14-16-18-19-20-22-24-26-28-31-36-37(32-29-9-6-3)34-35-38(36)33-30-27-25-23-21-17-15-13-11-8-5-2/h34-36H,4-33H2,1-3H3. The van der Waals surface area contributed by atoms with Crippen LogP contribution in [0.3, 0.4) is 0 Å². The largest absolute Gasteiger partial charge is 0.356 e. The molecule has 0 aromatic heterocycles. The van der Waals surface area contributed by atoms with Gasteiger partial charge in [-0.15, -0.1) is 0 Å². The van der Waals surface area contributed by atoms with E-state index in [2.05, 4.69) is 43.0 Å². The second kappa shape index (κ2) is 27.9. The van der Waals surface area contributed by atoms with Gasteiger partial charge in [-0.25, -0.2) is 0 Å². The van der Waals surface area contributed by atoms with Crippen molar-refractivity contribution in [1.29, 1.82) is 0 Å². The maximum absolute atomic E-state index is 2.69. The van der Waals surface area contributed by atoms with Crippen LogP contribution in [0.4, 0.5) is 0 Å². The zero-order valence-corrected chi connectivity index (χ0v) is 26.8. The molecule has 38 heavy (non-hydrogen) atoms. The first-order chi connectivity index (χ1) is 18.8. The molecule has 226 valence electrons. The van der Waals surface area contributed by atoms with E-state index in [-0.39, 0.29) is 0 Å². The van der Waals surface area contributed by atoms with Gasteiger partial charge in [0.1, 0.15) is 6.17 Å². The van der Waals surface area contributed by atoms with Gasteiger partial charge in [0.2, 0.25) is 0 Å². The summed E-state index contributed by atoms with van der Waals surface area (Å²) in [7, 11) is 0. The van der Waals surface area contributed by atoms with E-state index < -0.39 is 0 Å². The van der Waals surface area contributed by atoms with Crippen molar-refractivity contribution in [3.05, 3.63) is 12.4 Å². The van der Waals surface area contributed by atoms with E-state index in [1.807, 2.05) is 0 Å². The van der Waals surface area contributed by atoms with E-state index in [9.17, 15) is 0 Å². The van der Waals surface area contributed by atoms with Crippen molar-refractivity contribution >= 4 is 0 Å². The van der Waals surface area contributed by atoms with Crippen LogP contribution in [0.1, 0.15) is 201 Å². The van der Waals surface area contributed by atoms with Gasteiger partial charge in [0.25, 0.3) is 0 Å². The van der Waals surface area contributed by atoms with Crippen LogP contribution in [-0.4, -0.2) is 29.1 Å². The molecule has 1 aliphatic heterocycles. The summed E-state index contributed by atoms with van der Waals surface area (Å²) in [6, 6.07) is 0. The first-order valence-corrected chi connectivity index (χ1v) is 18.0. The molecule has 2 heteroatoms. The molecular weight excluding hydrogens is 460 g/mol. The first kappa shape index (κ1) is 35.4. The molecule has 1 atom stereocenters. The van der Waals surface area contributed by atoms with E-state index in [4.69, 9.17) is 0 Å². The van der Waals surface area contributed by atoms with Crippen molar-refractivity contribution in [1.82, 2.24) is 9.80 Å². The van der Waals surface area contributed by atoms with E-state index in [1.165, 1.54) is 193 Å². The predicted octanol–water partition coefficient (Wildman–Crippen LogP) is 12.4. The van der Waals surface area contributed by atoms with E-state index in [0.717, 1.165) is 0 Å². The summed E-state index contributed by atoms with van der Waals surface area (Å²) in [5, 5.41) is 0. The number of hydrogen-bond acceptors (Lipinski definition) is 2. The van der Waals surface area contributed by atoms with Crippen LogP contribution in [0.5, 0.6) is 0 Å². The van der Waals surface area contributed by atoms with Crippen LogP contribution < -0.4 is 0 Å². The number of hydrogen-bond donors (Lipinski definition) is 0. The second-order valence-corrected chi connectivity index (χ2v) is 12.5. The van der Waals surface area contributed by atoms with Crippen LogP contribution >= 0.6 is 0 Å². The highest BCUT2D eigenvalue weighted by Crippen LogP contribution is 2.24. The van der Waals surface area contributed by atoms with Crippen molar-refractivity contribution in [2.75, 3.05) is 13.1 Å². The van der Waals surface area contributed by atoms with Gasteiger partial charge in [-0.05, 0) is 25.7 Å². The van der Waals surface area contributed by atoms with E-state index in [0.29, 0.717) is 6.17 Å². The molecule has 1 rings (SSSR count). The Morgan fingerprint density at radius 3 is 0.974 bits per heavy atom. The molecule has 0 aromatic rings. The second-order valence-electron chi connectivity index (χ2n) is 12.5. The monoisotopic (exact) mass is 533 g/mol. The molecule has 0 saturated carbocycles. The molecule has 0 N–H and O–H groups in total. The van der Waals surface area contributed by atoms with Gasteiger partial charge >= 0.3 is 0 Å². The Bertz CT molecular complexity index is 488. The molecule has 0 radical (unpaired) electrons. The fraction of sp³-hybridized carbons (Fsp3) is 0.944. The SMILES string of the molecule is CCCCCCCCCCCCCCCC1N(CCCCC)C=CN1CCCCCCCCCCCCC. The van der Waals surface area contributed by atoms with Crippen LogP contribution in [0, 0.1) is 0 Å². The summed E-state index contributed by atoms with van der Waals surface area (Å²) in [6.45, 7) is 9.46. The molecule has 0 bridgehead atoms. The molecule has 1 heterocycles. The molecule has 0 aliphatic carbocycles. The average molecular weight is 533 g/mol. The normalized spacial score (nSPS) is 15.3. The van der Waals surface area contributed by atoms with Gasteiger partial charge in [-0.2, -0.15) is 0 Å². The number of unbranched alkanes of at least 4 members (excludes halogenated alkanes) is 24.